The summed E-state index contributed by atoms with van der Waals surface area (Å²) in [7, 11) is 0. The minimum Gasteiger partial charge on any atom is -0.481 e. The Kier molecular flexibility index (Phi) is 4.53. The maximum Gasteiger partial charge on any atom is 0.307 e. The van der Waals surface area contributed by atoms with Crippen LogP contribution in [0.5, 0.6) is 0 Å². The average Bonchev–Trinajstić information content (AvgIpc) is 2.37. The molecule has 0 aliphatic rings. The highest BCUT2D eigenvalue weighted by atomic mass is 35.5. The molecule has 0 aliphatic carbocycles. The van der Waals surface area contributed by atoms with E-state index in [9.17, 15) is 4.79 Å². The number of benzene rings is 2. The standard InChI is InChI=1S/C15H13Cl2NO2/c1-9-4-2-7-13(10(9)8-14(19)20)18-15-11(16)5-3-6-12(15)17/h2-7,18H,8H2,1H3,(H,19,20). The van der Waals surface area contributed by atoms with E-state index in [1.165, 1.54) is 0 Å². The van der Waals surface area contributed by atoms with Crippen LogP contribution in [0.15, 0.2) is 36.4 Å². The predicted molar refractivity (Wildman–Crippen MR) is 82.3 cm³/mol. The first-order valence-electron chi connectivity index (χ1n) is 6.00. The number of halogens is 2. The molecule has 104 valence electrons. The van der Waals surface area contributed by atoms with Gasteiger partial charge < -0.3 is 10.4 Å². The fraction of sp³-hybridized carbons (Fsp3) is 0.133. The molecule has 0 bridgehead atoms. The molecule has 2 N–H and O–H groups in total. The van der Waals surface area contributed by atoms with Crippen LogP contribution in [0.2, 0.25) is 10.0 Å². The number of anilines is 2. The number of carboxylic acid groups (broad SMARTS) is 1. The van der Waals surface area contributed by atoms with Gasteiger partial charge in [0, 0.05) is 5.69 Å². The van der Waals surface area contributed by atoms with Gasteiger partial charge in [-0.3, -0.25) is 4.79 Å². The minimum absolute atomic E-state index is 0.0585. The summed E-state index contributed by atoms with van der Waals surface area (Å²) >= 11 is 12.2. The molecule has 2 rings (SSSR count). The molecular weight excluding hydrogens is 297 g/mol. The Morgan fingerprint density at radius 2 is 1.75 bits per heavy atom. The van der Waals surface area contributed by atoms with Crippen LogP contribution in [0.4, 0.5) is 11.4 Å². The van der Waals surface area contributed by atoms with Gasteiger partial charge in [-0.2, -0.15) is 0 Å². The number of aryl methyl sites for hydroxylation is 1. The second-order valence-electron chi connectivity index (χ2n) is 4.39. The number of aliphatic carboxylic acids is 1. The van der Waals surface area contributed by atoms with Gasteiger partial charge in [0.25, 0.3) is 0 Å². The summed E-state index contributed by atoms with van der Waals surface area (Å²) in [5.41, 5.74) is 2.90. The Balaban J connectivity index is 2.43. The molecule has 0 fully saturated rings. The highest BCUT2D eigenvalue weighted by molar-refractivity contribution is 6.39. The van der Waals surface area contributed by atoms with Crippen molar-refractivity contribution in [1.82, 2.24) is 0 Å². The predicted octanol–water partition coefficient (Wildman–Crippen LogP) is 4.67. The van der Waals surface area contributed by atoms with Crippen LogP contribution in [0.25, 0.3) is 0 Å². The van der Waals surface area contributed by atoms with Crippen molar-refractivity contribution in [3.8, 4) is 0 Å². The second kappa shape index (κ2) is 6.16. The van der Waals surface area contributed by atoms with Gasteiger partial charge in [-0.25, -0.2) is 0 Å². The van der Waals surface area contributed by atoms with E-state index in [0.717, 1.165) is 11.1 Å². The fourth-order valence-electron chi connectivity index (χ4n) is 1.96. The molecule has 0 heterocycles. The van der Waals surface area contributed by atoms with Crippen molar-refractivity contribution in [3.63, 3.8) is 0 Å². The highest BCUT2D eigenvalue weighted by Gasteiger charge is 2.12. The van der Waals surface area contributed by atoms with E-state index < -0.39 is 5.97 Å². The van der Waals surface area contributed by atoms with Crippen LogP contribution in [0.3, 0.4) is 0 Å². The van der Waals surface area contributed by atoms with Gasteiger partial charge in [-0.1, -0.05) is 41.4 Å². The second-order valence-corrected chi connectivity index (χ2v) is 5.21. The third kappa shape index (κ3) is 3.24. The molecule has 0 amide bonds. The molecule has 20 heavy (non-hydrogen) atoms. The van der Waals surface area contributed by atoms with Gasteiger partial charge in [0.1, 0.15) is 0 Å². The lowest BCUT2D eigenvalue weighted by Crippen LogP contribution is -2.06. The average molecular weight is 310 g/mol. The van der Waals surface area contributed by atoms with Gasteiger partial charge in [-0.15, -0.1) is 0 Å². The Hall–Kier alpha value is -1.71. The zero-order valence-electron chi connectivity index (χ0n) is 10.8. The smallest absolute Gasteiger partial charge is 0.307 e. The third-order valence-electron chi connectivity index (χ3n) is 2.96. The molecule has 5 heteroatoms. The largest absolute Gasteiger partial charge is 0.481 e. The third-order valence-corrected chi connectivity index (χ3v) is 3.59. The minimum atomic E-state index is -0.882. The van der Waals surface area contributed by atoms with E-state index in [1.807, 2.05) is 25.1 Å². The lowest BCUT2D eigenvalue weighted by Gasteiger charge is -2.15. The van der Waals surface area contributed by atoms with E-state index in [0.29, 0.717) is 21.4 Å². The van der Waals surface area contributed by atoms with Crippen LogP contribution in [-0.4, -0.2) is 11.1 Å². The van der Waals surface area contributed by atoms with Crippen LogP contribution in [0.1, 0.15) is 11.1 Å². The number of rotatable bonds is 4. The van der Waals surface area contributed by atoms with Crippen molar-refractivity contribution in [2.24, 2.45) is 0 Å². The van der Waals surface area contributed by atoms with Gasteiger partial charge in [0.15, 0.2) is 0 Å². The molecule has 0 saturated carbocycles. The van der Waals surface area contributed by atoms with E-state index in [-0.39, 0.29) is 6.42 Å². The number of carboxylic acids is 1. The monoisotopic (exact) mass is 309 g/mol. The highest BCUT2D eigenvalue weighted by Crippen LogP contribution is 2.34. The number of hydrogen-bond acceptors (Lipinski definition) is 2. The van der Waals surface area contributed by atoms with Crippen molar-refractivity contribution in [1.29, 1.82) is 0 Å². The summed E-state index contributed by atoms with van der Waals surface area (Å²) in [5, 5.41) is 13.1. The number of para-hydroxylation sites is 1. The van der Waals surface area contributed by atoms with Crippen molar-refractivity contribution in [3.05, 3.63) is 57.6 Å². The summed E-state index contributed by atoms with van der Waals surface area (Å²) in [6.45, 7) is 1.87. The molecule has 0 saturated heterocycles. The summed E-state index contributed by atoms with van der Waals surface area (Å²) in [5.74, 6) is -0.882. The van der Waals surface area contributed by atoms with E-state index in [2.05, 4.69) is 5.32 Å². The zero-order valence-corrected chi connectivity index (χ0v) is 12.3. The Bertz CT molecular complexity index is 636. The molecule has 0 aliphatic heterocycles. The van der Waals surface area contributed by atoms with Gasteiger partial charge in [0.2, 0.25) is 0 Å². The van der Waals surface area contributed by atoms with Crippen molar-refractivity contribution >= 4 is 40.5 Å². The zero-order chi connectivity index (χ0) is 14.7. The van der Waals surface area contributed by atoms with Gasteiger partial charge in [0.05, 0.1) is 22.2 Å². The van der Waals surface area contributed by atoms with Crippen molar-refractivity contribution in [2.75, 3.05) is 5.32 Å². The molecule has 0 atom stereocenters. The molecule has 0 spiro atoms. The molecule has 0 unspecified atom stereocenters. The lowest BCUT2D eigenvalue weighted by molar-refractivity contribution is -0.136. The first kappa shape index (κ1) is 14.7. The Morgan fingerprint density at radius 1 is 1.15 bits per heavy atom. The van der Waals surface area contributed by atoms with E-state index in [4.69, 9.17) is 28.3 Å². The van der Waals surface area contributed by atoms with Crippen LogP contribution in [0, 0.1) is 6.92 Å². The summed E-state index contributed by atoms with van der Waals surface area (Å²) < 4.78 is 0. The van der Waals surface area contributed by atoms with Gasteiger partial charge >= 0.3 is 5.97 Å². The van der Waals surface area contributed by atoms with Gasteiger partial charge in [-0.05, 0) is 36.2 Å². The lowest BCUT2D eigenvalue weighted by atomic mass is 10.0. The normalized spacial score (nSPS) is 10.3. The first-order chi connectivity index (χ1) is 9.49. The van der Waals surface area contributed by atoms with E-state index >= 15 is 0 Å². The Morgan fingerprint density at radius 3 is 2.35 bits per heavy atom. The fourth-order valence-corrected chi connectivity index (χ4v) is 2.45. The summed E-state index contributed by atoms with van der Waals surface area (Å²) in [6.07, 6.45) is -0.0585. The maximum absolute atomic E-state index is 11.0. The topological polar surface area (TPSA) is 49.3 Å². The van der Waals surface area contributed by atoms with Crippen molar-refractivity contribution in [2.45, 2.75) is 13.3 Å². The van der Waals surface area contributed by atoms with Crippen LogP contribution >= 0.6 is 23.2 Å². The number of hydrogen-bond donors (Lipinski definition) is 2. The number of carbonyl (C=O) groups is 1. The molecule has 3 nitrogen and oxygen atoms in total. The molecule has 0 radical (unpaired) electrons. The quantitative estimate of drug-likeness (QED) is 0.862. The number of nitrogens with one attached hydrogen (secondary N) is 1. The molecule has 2 aromatic rings. The first-order valence-corrected chi connectivity index (χ1v) is 6.76. The summed E-state index contributed by atoms with van der Waals surface area (Å²) in [6, 6.07) is 10.7. The molecule has 2 aromatic carbocycles. The van der Waals surface area contributed by atoms with Crippen LogP contribution < -0.4 is 5.32 Å². The SMILES string of the molecule is Cc1cccc(Nc2c(Cl)cccc2Cl)c1CC(=O)O. The molecular formula is C15H13Cl2NO2. The van der Waals surface area contributed by atoms with Crippen molar-refractivity contribution < 1.29 is 9.90 Å². The summed E-state index contributed by atoms with van der Waals surface area (Å²) in [4.78, 5) is 11.0. The molecule has 0 aromatic heterocycles. The maximum atomic E-state index is 11.0. The van der Waals surface area contributed by atoms with E-state index in [1.54, 1.807) is 18.2 Å². The van der Waals surface area contributed by atoms with Crippen LogP contribution in [-0.2, 0) is 11.2 Å². The Labute approximate surface area is 127 Å².